The number of hydrogen-bond donors (Lipinski definition) is 2. The number of aryl methyl sites for hydroxylation is 1. The molecular formula is C14H15N3O3S. The van der Waals surface area contributed by atoms with Crippen LogP contribution in [0.3, 0.4) is 0 Å². The number of carbonyl (C=O) groups is 2. The molecule has 0 spiro atoms. The molecule has 0 atom stereocenters. The molecule has 0 unspecified atom stereocenters. The number of carbonyl (C=O) groups excluding carboxylic acids is 1. The zero-order chi connectivity index (χ0) is 15.4. The summed E-state index contributed by atoms with van der Waals surface area (Å²) < 4.78 is 0. The maximum Gasteiger partial charge on any atom is 0.335 e. The van der Waals surface area contributed by atoms with Crippen LogP contribution in [0, 0.1) is 6.92 Å². The summed E-state index contributed by atoms with van der Waals surface area (Å²) in [6, 6.07) is 5.84. The Kier molecular flexibility index (Phi) is 4.54. The third-order valence-corrected chi connectivity index (χ3v) is 3.85. The van der Waals surface area contributed by atoms with E-state index in [0.29, 0.717) is 12.2 Å². The van der Waals surface area contributed by atoms with Crippen LogP contribution in [0.4, 0.5) is 10.5 Å². The Balaban J connectivity index is 2.02. The first kappa shape index (κ1) is 15.0. The lowest BCUT2D eigenvalue weighted by atomic mass is 10.2. The minimum atomic E-state index is -1.03. The Morgan fingerprint density at radius 3 is 2.81 bits per heavy atom. The van der Waals surface area contributed by atoms with Gasteiger partial charge in [-0.05, 0) is 25.1 Å². The van der Waals surface area contributed by atoms with Gasteiger partial charge in [0.15, 0.2) is 0 Å². The van der Waals surface area contributed by atoms with Gasteiger partial charge in [0.2, 0.25) is 0 Å². The summed E-state index contributed by atoms with van der Waals surface area (Å²) in [4.78, 5) is 29.7. The van der Waals surface area contributed by atoms with Gasteiger partial charge in [0.05, 0.1) is 23.3 Å². The summed E-state index contributed by atoms with van der Waals surface area (Å²) in [6.07, 6.45) is 0. The van der Waals surface area contributed by atoms with Crippen molar-refractivity contribution in [3.63, 3.8) is 0 Å². The van der Waals surface area contributed by atoms with E-state index in [1.807, 2.05) is 6.92 Å². The van der Waals surface area contributed by atoms with Crippen molar-refractivity contribution in [2.24, 2.45) is 0 Å². The van der Waals surface area contributed by atoms with E-state index in [9.17, 15) is 9.59 Å². The van der Waals surface area contributed by atoms with Crippen LogP contribution in [0.2, 0.25) is 0 Å². The van der Waals surface area contributed by atoms with Gasteiger partial charge in [-0.25, -0.2) is 14.6 Å². The van der Waals surface area contributed by atoms with Crippen LogP contribution in [0.5, 0.6) is 0 Å². The van der Waals surface area contributed by atoms with Crippen molar-refractivity contribution in [1.29, 1.82) is 0 Å². The maximum absolute atomic E-state index is 12.1. The Bertz CT molecular complexity index is 669. The highest BCUT2D eigenvalue weighted by molar-refractivity contribution is 7.09. The van der Waals surface area contributed by atoms with Crippen molar-refractivity contribution in [2.75, 3.05) is 12.4 Å². The first-order chi connectivity index (χ1) is 9.97. The monoisotopic (exact) mass is 305 g/mol. The molecule has 1 heterocycles. The van der Waals surface area contributed by atoms with Crippen LogP contribution in [0.1, 0.15) is 20.9 Å². The van der Waals surface area contributed by atoms with Crippen LogP contribution in [0.25, 0.3) is 0 Å². The average Bonchev–Trinajstić information content (AvgIpc) is 2.84. The molecule has 7 heteroatoms. The van der Waals surface area contributed by atoms with Crippen LogP contribution < -0.4 is 5.32 Å². The molecule has 1 aromatic heterocycles. The van der Waals surface area contributed by atoms with Crippen molar-refractivity contribution in [3.8, 4) is 0 Å². The zero-order valence-corrected chi connectivity index (χ0v) is 12.5. The largest absolute Gasteiger partial charge is 0.478 e. The third kappa shape index (κ3) is 3.79. The summed E-state index contributed by atoms with van der Waals surface area (Å²) in [6.45, 7) is 2.36. The van der Waals surface area contributed by atoms with Gasteiger partial charge in [-0.15, -0.1) is 11.3 Å². The molecule has 0 saturated heterocycles. The second-order valence-electron chi connectivity index (χ2n) is 4.53. The molecule has 1 aromatic carbocycles. The molecule has 2 aromatic rings. The number of urea groups is 1. The van der Waals surface area contributed by atoms with E-state index >= 15 is 0 Å². The second kappa shape index (κ2) is 6.36. The third-order valence-electron chi connectivity index (χ3n) is 2.93. The summed E-state index contributed by atoms with van der Waals surface area (Å²) in [5.74, 6) is -1.03. The van der Waals surface area contributed by atoms with Gasteiger partial charge in [-0.3, -0.25) is 0 Å². The highest BCUT2D eigenvalue weighted by atomic mass is 32.1. The van der Waals surface area contributed by atoms with Gasteiger partial charge in [-0.1, -0.05) is 6.07 Å². The number of carboxylic acid groups (broad SMARTS) is 1. The molecule has 2 amide bonds. The van der Waals surface area contributed by atoms with E-state index in [1.165, 1.54) is 28.4 Å². The Morgan fingerprint density at radius 1 is 1.43 bits per heavy atom. The summed E-state index contributed by atoms with van der Waals surface area (Å²) in [5.41, 5.74) is 3.24. The van der Waals surface area contributed by atoms with E-state index in [2.05, 4.69) is 10.3 Å². The first-order valence-corrected chi connectivity index (χ1v) is 7.10. The van der Waals surface area contributed by atoms with E-state index < -0.39 is 5.97 Å². The molecule has 2 rings (SSSR count). The molecule has 21 heavy (non-hydrogen) atoms. The average molecular weight is 305 g/mol. The van der Waals surface area contributed by atoms with Crippen LogP contribution in [-0.4, -0.2) is 34.0 Å². The minimum Gasteiger partial charge on any atom is -0.478 e. The number of nitrogens with one attached hydrogen (secondary N) is 1. The fraction of sp³-hybridized carbons (Fsp3) is 0.214. The molecule has 6 nitrogen and oxygen atoms in total. The SMILES string of the molecule is Cc1ncsc1CN(C)C(=O)Nc1cccc(C(=O)O)c1. The number of amides is 2. The molecule has 0 radical (unpaired) electrons. The molecule has 0 saturated carbocycles. The summed E-state index contributed by atoms with van der Waals surface area (Å²) in [5, 5.41) is 11.6. The van der Waals surface area contributed by atoms with E-state index in [1.54, 1.807) is 24.7 Å². The fourth-order valence-corrected chi connectivity index (χ4v) is 2.54. The van der Waals surface area contributed by atoms with E-state index in [4.69, 9.17) is 5.11 Å². The number of thiazole rings is 1. The number of aromatic carboxylic acids is 1. The summed E-state index contributed by atoms with van der Waals surface area (Å²) >= 11 is 1.50. The number of rotatable bonds is 4. The predicted octanol–water partition coefficient (Wildman–Crippen LogP) is 2.81. The molecule has 0 aliphatic rings. The van der Waals surface area contributed by atoms with Gasteiger partial charge in [0.25, 0.3) is 0 Å². The van der Waals surface area contributed by atoms with Crippen molar-refractivity contribution in [1.82, 2.24) is 9.88 Å². The fourth-order valence-electron chi connectivity index (χ4n) is 1.71. The topological polar surface area (TPSA) is 82.5 Å². The van der Waals surface area contributed by atoms with Gasteiger partial charge in [-0.2, -0.15) is 0 Å². The zero-order valence-electron chi connectivity index (χ0n) is 11.7. The maximum atomic E-state index is 12.1. The van der Waals surface area contributed by atoms with Crippen LogP contribution >= 0.6 is 11.3 Å². The molecular weight excluding hydrogens is 290 g/mol. The Labute approximate surface area is 126 Å². The number of benzene rings is 1. The van der Waals surface area contributed by atoms with Crippen molar-refractivity contribution in [2.45, 2.75) is 13.5 Å². The lowest BCUT2D eigenvalue weighted by Crippen LogP contribution is -2.30. The first-order valence-electron chi connectivity index (χ1n) is 6.22. The van der Waals surface area contributed by atoms with Gasteiger partial charge < -0.3 is 15.3 Å². The van der Waals surface area contributed by atoms with E-state index in [-0.39, 0.29) is 11.6 Å². The standard InChI is InChI=1S/C14H15N3O3S/c1-9-12(21-8-15-9)7-17(2)14(20)16-11-5-3-4-10(6-11)13(18)19/h3-6,8H,7H2,1-2H3,(H,16,20)(H,18,19). The Morgan fingerprint density at radius 2 is 2.19 bits per heavy atom. The number of nitrogens with zero attached hydrogens (tertiary/aromatic N) is 2. The van der Waals surface area contributed by atoms with Crippen LogP contribution in [-0.2, 0) is 6.54 Å². The van der Waals surface area contributed by atoms with Gasteiger partial charge >= 0.3 is 12.0 Å². The lowest BCUT2D eigenvalue weighted by molar-refractivity contribution is 0.0697. The lowest BCUT2D eigenvalue weighted by Gasteiger charge is -2.17. The van der Waals surface area contributed by atoms with Crippen molar-refractivity contribution >= 4 is 29.0 Å². The van der Waals surface area contributed by atoms with Crippen LogP contribution in [0.15, 0.2) is 29.8 Å². The molecule has 0 bridgehead atoms. The molecule has 2 N–H and O–H groups in total. The van der Waals surface area contributed by atoms with E-state index in [0.717, 1.165) is 10.6 Å². The number of carboxylic acids is 1. The number of anilines is 1. The predicted molar refractivity (Wildman–Crippen MR) is 80.7 cm³/mol. The molecule has 110 valence electrons. The van der Waals surface area contributed by atoms with Gasteiger partial charge in [0, 0.05) is 17.6 Å². The normalized spacial score (nSPS) is 10.2. The highest BCUT2D eigenvalue weighted by Gasteiger charge is 2.13. The second-order valence-corrected chi connectivity index (χ2v) is 5.47. The molecule has 0 aliphatic heterocycles. The van der Waals surface area contributed by atoms with Gasteiger partial charge in [0.1, 0.15) is 0 Å². The van der Waals surface area contributed by atoms with Crippen molar-refractivity contribution in [3.05, 3.63) is 45.9 Å². The summed E-state index contributed by atoms with van der Waals surface area (Å²) in [7, 11) is 1.68. The minimum absolute atomic E-state index is 0.133. The van der Waals surface area contributed by atoms with Crippen molar-refractivity contribution < 1.29 is 14.7 Å². The smallest absolute Gasteiger partial charge is 0.335 e. The Hall–Kier alpha value is -2.41. The molecule has 0 aliphatic carbocycles. The molecule has 0 fully saturated rings. The number of aromatic nitrogens is 1. The highest BCUT2D eigenvalue weighted by Crippen LogP contribution is 2.16. The quantitative estimate of drug-likeness (QED) is 0.910. The number of hydrogen-bond acceptors (Lipinski definition) is 4.